The molecule has 1 fully saturated rings. The van der Waals surface area contributed by atoms with Crippen LogP contribution in [0.15, 0.2) is 18.2 Å². The first-order valence-electron chi connectivity index (χ1n) is 7.79. The molecule has 1 amide bonds. The first-order valence-corrected chi connectivity index (χ1v) is 7.79. The Kier molecular flexibility index (Phi) is 4.74. The second kappa shape index (κ2) is 6.20. The van der Waals surface area contributed by atoms with E-state index in [4.69, 9.17) is 0 Å². The van der Waals surface area contributed by atoms with Crippen LogP contribution in [0.4, 0.5) is 0 Å². The Labute approximate surface area is 126 Å². The minimum absolute atomic E-state index is 0.0273. The Hall–Kier alpha value is -1.33. The van der Waals surface area contributed by atoms with Crippen molar-refractivity contribution in [1.82, 2.24) is 5.32 Å². The van der Waals surface area contributed by atoms with Crippen LogP contribution >= 0.6 is 0 Å². The van der Waals surface area contributed by atoms with Crippen molar-refractivity contribution in [3.63, 3.8) is 0 Å². The highest BCUT2D eigenvalue weighted by Crippen LogP contribution is 2.42. The van der Waals surface area contributed by atoms with Gasteiger partial charge >= 0.3 is 7.12 Å². The monoisotopic (exact) mass is 289 g/mol. The lowest BCUT2D eigenvalue weighted by atomic mass is 9.63. The summed E-state index contributed by atoms with van der Waals surface area (Å²) >= 11 is 0. The van der Waals surface area contributed by atoms with Gasteiger partial charge in [0.05, 0.1) is 0 Å². The summed E-state index contributed by atoms with van der Waals surface area (Å²) < 4.78 is 0. The molecule has 0 spiro atoms. The molecule has 3 rings (SSSR count). The van der Waals surface area contributed by atoms with E-state index in [9.17, 15) is 14.8 Å². The van der Waals surface area contributed by atoms with E-state index in [0.717, 1.165) is 19.3 Å². The lowest BCUT2D eigenvalue weighted by Gasteiger charge is -2.46. The number of amides is 1. The van der Waals surface area contributed by atoms with Gasteiger partial charge in [0.1, 0.15) is 0 Å². The van der Waals surface area contributed by atoms with Crippen molar-refractivity contribution in [2.24, 2.45) is 0 Å². The van der Waals surface area contributed by atoms with Gasteiger partial charge < -0.3 is 15.4 Å². The van der Waals surface area contributed by atoms with Crippen LogP contribution in [0.2, 0.25) is 0 Å². The van der Waals surface area contributed by atoms with Crippen LogP contribution in [-0.4, -0.2) is 29.1 Å². The van der Waals surface area contributed by atoms with E-state index in [2.05, 4.69) is 12.2 Å². The third-order valence-electron chi connectivity index (χ3n) is 4.72. The summed E-state index contributed by atoms with van der Waals surface area (Å²) in [5, 5.41) is 21.6. The predicted octanol–water partition coefficient (Wildman–Crippen LogP) is 0.875. The Morgan fingerprint density at radius 3 is 2.67 bits per heavy atom. The quantitative estimate of drug-likeness (QED) is 0.672. The molecule has 1 aliphatic carbocycles. The summed E-state index contributed by atoms with van der Waals surface area (Å²) in [4.78, 5) is 11.5. The fourth-order valence-electron chi connectivity index (χ4n) is 3.52. The molecule has 1 aliphatic heterocycles. The van der Waals surface area contributed by atoms with E-state index in [-0.39, 0.29) is 17.4 Å². The van der Waals surface area contributed by atoms with Crippen molar-refractivity contribution < 1.29 is 14.8 Å². The first kappa shape index (κ1) is 16.1. The van der Waals surface area contributed by atoms with Crippen LogP contribution in [-0.2, 0) is 16.6 Å². The molecule has 114 valence electrons. The summed E-state index contributed by atoms with van der Waals surface area (Å²) in [6.45, 7) is 6.20. The maximum Gasteiger partial charge on any atom is 0.488 e. The largest absolute Gasteiger partial charge is 0.488 e. The zero-order valence-electron chi connectivity index (χ0n) is 13.0. The third kappa shape index (κ3) is 2.85. The van der Waals surface area contributed by atoms with Gasteiger partial charge in [-0.25, -0.2) is 0 Å². The number of aryl methyl sites for hydroxylation is 1. The molecule has 1 heterocycles. The number of benzene rings is 1. The molecule has 1 aromatic carbocycles. The summed E-state index contributed by atoms with van der Waals surface area (Å²) in [5.74, 6) is 0.147. The van der Waals surface area contributed by atoms with Gasteiger partial charge in [-0.2, -0.15) is 0 Å². The maximum absolute atomic E-state index is 11.5. The zero-order valence-corrected chi connectivity index (χ0v) is 13.0. The van der Waals surface area contributed by atoms with Gasteiger partial charge in [-0.1, -0.05) is 39.0 Å². The van der Waals surface area contributed by atoms with Crippen molar-refractivity contribution in [2.45, 2.75) is 57.9 Å². The molecular weight excluding hydrogens is 265 g/mol. The van der Waals surface area contributed by atoms with Crippen molar-refractivity contribution in [3.8, 4) is 0 Å². The molecule has 0 bridgehead atoms. The number of nitrogens with one attached hydrogen (secondary N) is 1. The van der Waals surface area contributed by atoms with E-state index in [1.807, 2.05) is 26.0 Å². The maximum atomic E-state index is 11.5. The standard InChI is InChI=1S/C14H18BNO3.C2H6/c1-14-7-6-13(17)16-12(14)5-2-9-8-10(15(18)19)3-4-11(9)14;1-2/h3-4,8,12,18-19H,2,5-7H2,1H3,(H,16,17);1-2H3. The van der Waals surface area contributed by atoms with Crippen molar-refractivity contribution in [2.75, 3.05) is 0 Å². The van der Waals surface area contributed by atoms with Gasteiger partial charge in [-0.05, 0) is 35.9 Å². The van der Waals surface area contributed by atoms with Gasteiger partial charge in [0.2, 0.25) is 5.91 Å². The Morgan fingerprint density at radius 1 is 1.29 bits per heavy atom. The molecule has 1 aromatic rings. The molecular formula is C16H24BNO3. The van der Waals surface area contributed by atoms with Gasteiger partial charge in [-0.15, -0.1) is 0 Å². The van der Waals surface area contributed by atoms with E-state index < -0.39 is 7.12 Å². The molecule has 0 aromatic heterocycles. The summed E-state index contributed by atoms with van der Waals surface area (Å²) in [5.41, 5.74) is 2.94. The van der Waals surface area contributed by atoms with Gasteiger partial charge in [0, 0.05) is 17.9 Å². The summed E-state index contributed by atoms with van der Waals surface area (Å²) in [6, 6.07) is 5.85. The third-order valence-corrected chi connectivity index (χ3v) is 4.72. The van der Waals surface area contributed by atoms with Crippen LogP contribution in [0.5, 0.6) is 0 Å². The van der Waals surface area contributed by atoms with E-state index >= 15 is 0 Å². The number of piperidine rings is 1. The number of carbonyl (C=O) groups is 1. The molecule has 5 heteroatoms. The average molecular weight is 289 g/mol. The number of hydrogen-bond donors (Lipinski definition) is 3. The smallest absolute Gasteiger partial charge is 0.423 e. The average Bonchev–Trinajstić information content (AvgIpc) is 2.49. The summed E-state index contributed by atoms with van der Waals surface area (Å²) in [6.07, 6.45) is 3.21. The number of fused-ring (bicyclic) bond motifs is 3. The second-order valence-electron chi connectivity index (χ2n) is 5.87. The highest BCUT2D eigenvalue weighted by Gasteiger charge is 2.44. The molecule has 2 unspecified atom stereocenters. The van der Waals surface area contributed by atoms with Gasteiger partial charge in [-0.3, -0.25) is 4.79 Å². The lowest BCUT2D eigenvalue weighted by molar-refractivity contribution is -0.125. The molecule has 1 saturated heterocycles. The summed E-state index contributed by atoms with van der Waals surface area (Å²) in [7, 11) is -1.41. The second-order valence-corrected chi connectivity index (χ2v) is 5.87. The van der Waals surface area contributed by atoms with E-state index in [1.165, 1.54) is 11.1 Å². The van der Waals surface area contributed by atoms with Crippen LogP contribution in [0.1, 0.15) is 51.2 Å². The highest BCUT2D eigenvalue weighted by atomic mass is 16.4. The van der Waals surface area contributed by atoms with Crippen LogP contribution in [0.3, 0.4) is 0 Å². The molecule has 0 radical (unpaired) electrons. The van der Waals surface area contributed by atoms with Crippen molar-refractivity contribution in [3.05, 3.63) is 29.3 Å². The van der Waals surface area contributed by atoms with Crippen LogP contribution < -0.4 is 10.8 Å². The predicted molar refractivity (Wildman–Crippen MR) is 84.5 cm³/mol. The van der Waals surface area contributed by atoms with Crippen molar-refractivity contribution in [1.29, 1.82) is 0 Å². The minimum Gasteiger partial charge on any atom is -0.423 e. The SMILES string of the molecule is CC.CC12CCC(=O)NC1CCc1cc(B(O)O)ccc12. The Balaban J connectivity index is 0.000000774. The van der Waals surface area contributed by atoms with Gasteiger partial charge in [0.15, 0.2) is 0 Å². The van der Waals surface area contributed by atoms with E-state index in [0.29, 0.717) is 11.9 Å². The molecule has 21 heavy (non-hydrogen) atoms. The fourth-order valence-corrected chi connectivity index (χ4v) is 3.52. The zero-order chi connectivity index (χ0) is 15.6. The lowest BCUT2D eigenvalue weighted by Crippen LogP contribution is -2.55. The van der Waals surface area contributed by atoms with E-state index in [1.54, 1.807) is 6.07 Å². The molecule has 0 saturated carbocycles. The first-order chi connectivity index (χ1) is 10.0. The number of rotatable bonds is 1. The molecule has 2 atom stereocenters. The number of hydrogen-bond acceptors (Lipinski definition) is 3. The Bertz CT molecular complexity index is 532. The minimum atomic E-state index is -1.41. The highest BCUT2D eigenvalue weighted by molar-refractivity contribution is 6.58. The molecule has 4 nitrogen and oxygen atoms in total. The molecule has 3 N–H and O–H groups in total. The van der Waals surface area contributed by atoms with Gasteiger partial charge in [0.25, 0.3) is 0 Å². The molecule has 2 aliphatic rings. The van der Waals surface area contributed by atoms with Crippen LogP contribution in [0, 0.1) is 0 Å². The van der Waals surface area contributed by atoms with Crippen LogP contribution in [0.25, 0.3) is 0 Å². The number of carbonyl (C=O) groups excluding carboxylic acids is 1. The Morgan fingerprint density at radius 2 is 2.00 bits per heavy atom. The van der Waals surface area contributed by atoms with Crippen molar-refractivity contribution >= 4 is 18.5 Å². The topological polar surface area (TPSA) is 69.6 Å². The normalized spacial score (nSPS) is 26.7. The fraction of sp³-hybridized carbons (Fsp3) is 0.562.